The second-order valence-electron chi connectivity index (χ2n) is 2.76. The molecule has 68 valence electrons. The molecule has 0 bridgehead atoms. The molecule has 3 N–H and O–H groups in total. The second kappa shape index (κ2) is 3.66. The van der Waals surface area contributed by atoms with Crippen LogP contribution in [0.25, 0.3) is 10.8 Å². The number of nitrogen functional groups attached to an aromatic ring is 1. The molecule has 0 spiro atoms. The minimum absolute atomic E-state index is 0. The number of nitrogens with two attached hydrogens (primary N) is 1. The Hall–Kier alpha value is -1.22. The first-order chi connectivity index (χ1) is 5.77. The summed E-state index contributed by atoms with van der Waals surface area (Å²) in [4.78, 5) is 0. The Morgan fingerprint density at radius 1 is 1.00 bits per heavy atom. The summed E-state index contributed by atoms with van der Waals surface area (Å²) in [5, 5.41) is 11.3. The Bertz CT molecular complexity index is 388. The van der Waals surface area contributed by atoms with Crippen LogP contribution in [-0.2, 0) is 0 Å². The number of fused-ring (bicyclic) bond motifs is 1. The SMILES string of the molecule is Br.Nc1cc2ccccc2cc1O. The van der Waals surface area contributed by atoms with Gasteiger partial charge in [-0.15, -0.1) is 17.0 Å². The number of hydrogen-bond acceptors (Lipinski definition) is 2. The summed E-state index contributed by atoms with van der Waals surface area (Å²) in [6.45, 7) is 0. The molecule has 2 aromatic rings. The smallest absolute Gasteiger partial charge is 0.139 e. The van der Waals surface area contributed by atoms with Crippen molar-refractivity contribution < 1.29 is 5.11 Å². The van der Waals surface area contributed by atoms with Crippen LogP contribution in [0.5, 0.6) is 5.75 Å². The molecule has 0 heterocycles. The van der Waals surface area contributed by atoms with Gasteiger partial charge in [0.25, 0.3) is 0 Å². The number of hydrogen-bond donors (Lipinski definition) is 2. The van der Waals surface area contributed by atoms with E-state index in [1.807, 2.05) is 24.3 Å². The highest BCUT2D eigenvalue weighted by atomic mass is 79.9. The molecular formula is C10H10BrNO. The highest BCUT2D eigenvalue weighted by molar-refractivity contribution is 8.93. The predicted octanol–water partition coefficient (Wildman–Crippen LogP) is 2.71. The molecule has 0 unspecified atom stereocenters. The third-order valence-electron chi connectivity index (χ3n) is 1.90. The van der Waals surface area contributed by atoms with Crippen molar-refractivity contribution in [3.05, 3.63) is 36.4 Å². The second-order valence-corrected chi connectivity index (χ2v) is 2.76. The largest absolute Gasteiger partial charge is 0.506 e. The lowest BCUT2D eigenvalue weighted by atomic mass is 10.1. The maximum absolute atomic E-state index is 9.29. The number of anilines is 1. The summed E-state index contributed by atoms with van der Waals surface area (Å²) in [7, 11) is 0. The van der Waals surface area contributed by atoms with Gasteiger partial charge in [0.1, 0.15) is 5.75 Å². The lowest BCUT2D eigenvalue weighted by Gasteiger charge is -2.01. The molecule has 2 nitrogen and oxygen atoms in total. The van der Waals surface area contributed by atoms with Gasteiger partial charge in [-0.25, -0.2) is 0 Å². The first-order valence-corrected chi connectivity index (χ1v) is 3.74. The highest BCUT2D eigenvalue weighted by Gasteiger charge is 1.98. The van der Waals surface area contributed by atoms with Crippen LogP contribution in [0.15, 0.2) is 36.4 Å². The lowest BCUT2D eigenvalue weighted by molar-refractivity contribution is 0.479. The van der Waals surface area contributed by atoms with E-state index >= 15 is 0 Å². The number of rotatable bonds is 0. The van der Waals surface area contributed by atoms with E-state index in [2.05, 4.69) is 0 Å². The molecule has 2 rings (SSSR count). The van der Waals surface area contributed by atoms with E-state index in [1.54, 1.807) is 12.1 Å². The maximum Gasteiger partial charge on any atom is 0.139 e. The molecular weight excluding hydrogens is 230 g/mol. The van der Waals surface area contributed by atoms with E-state index in [0.717, 1.165) is 10.8 Å². The summed E-state index contributed by atoms with van der Waals surface area (Å²) in [6.07, 6.45) is 0. The van der Waals surface area contributed by atoms with Crippen LogP contribution in [0.3, 0.4) is 0 Å². The molecule has 0 aliphatic rings. The van der Waals surface area contributed by atoms with Crippen LogP contribution in [0, 0.1) is 0 Å². The van der Waals surface area contributed by atoms with Gasteiger partial charge in [-0.1, -0.05) is 24.3 Å². The van der Waals surface area contributed by atoms with Crippen LogP contribution in [-0.4, -0.2) is 5.11 Å². The fourth-order valence-corrected chi connectivity index (χ4v) is 1.25. The topological polar surface area (TPSA) is 46.2 Å². The zero-order valence-corrected chi connectivity index (χ0v) is 8.61. The zero-order valence-electron chi connectivity index (χ0n) is 6.90. The Labute approximate surface area is 86.8 Å². The third kappa shape index (κ3) is 1.75. The van der Waals surface area contributed by atoms with Crippen molar-refractivity contribution in [3.8, 4) is 5.75 Å². The van der Waals surface area contributed by atoms with Gasteiger partial charge in [-0.3, -0.25) is 0 Å². The Morgan fingerprint density at radius 2 is 1.54 bits per heavy atom. The molecule has 0 saturated heterocycles. The summed E-state index contributed by atoms with van der Waals surface area (Å²) >= 11 is 0. The van der Waals surface area contributed by atoms with Gasteiger partial charge in [0.2, 0.25) is 0 Å². The molecule has 2 aromatic carbocycles. The highest BCUT2D eigenvalue weighted by Crippen LogP contribution is 2.26. The van der Waals surface area contributed by atoms with Gasteiger partial charge in [0.05, 0.1) is 5.69 Å². The average Bonchev–Trinajstić information content (AvgIpc) is 2.07. The van der Waals surface area contributed by atoms with Crippen molar-refractivity contribution in [3.63, 3.8) is 0 Å². The molecule has 3 heteroatoms. The molecule has 0 aliphatic carbocycles. The third-order valence-corrected chi connectivity index (χ3v) is 1.90. The number of phenolic OH excluding ortho intramolecular Hbond substituents is 1. The number of benzene rings is 2. The van der Waals surface area contributed by atoms with Crippen molar-refractivity contribution in [1.82, 2.24) is 0 Å². The van der Waals surface area contributed by atoms with Crippen LogP contribution < -0.4 is 5.73 Å². The van der Waals surface area contributed by atoms with Gasteiger partial charge in [-0.05, 0) is 22.9 Å². The van der Waals surface area contributed by atoms with Crippen LogP contribution in [0.4, 0.5) is 5.69 Å². The standard InChI is InChI=1S/C10H9NO.BrH/c11-9-5-7-3-1-2-4-8(7)6-10(9)12;/h1-6,12H,11H2;1H. The minimum atomic E-state index is 0. The summed E-state index contributed by atoms with van der Waals surface area (Å²) in [5.74, 6) is 0.147. The van der Waals surface area contributed by atoms with E-state index in [-0.39, 0.29) is 22.7 Å². The number of aromatic hydroxyl groups is 1. The number of halogens is 1. The predicted molar refractivity (Wildman–Crippen MR) is 60.3 cm³/mol. The quantitative estimate of drug-likeness (QED) is 0.549. The summed E-state index contributed by atoms with van der Waals surface area (Å²) in [6, 6.07) is 11.2. The molecule has 0 fully saturated rings. The van der Waals surface area contributed by atoms with Crippen molar-refractivity contribution in [1.29, 1.82) is 0 Å². The maximum atomic E-state index is 9.29. The van der Waals surface area contributed by atoms with Crippen LogP contribution >= 0.6 is 17.0 Å². The average molecular weight is 240 g/mol. The van der Waals surface area contributed by atoms with E-state index < -0.39 is 0 Å². The molecule has 13 heavy (non-hydrogen) atoms. The van der Waals surface area contributed by atoms with E-state index in [9.17, 15) is 5.11 Å². The van der Waals surface area contributed by atoms with E-state index in [0.29, 0.717) is 5.69 Å². The van der Waals surface area contributed by atoms with Crippen LogP contribution in [0.1, 0.15) is 0 Å². The summed E-state index contributed by atoms with van der Waals surface area (Å²) in [5.41, 5.74) is 5.96. The van der Waals surface area contributed by atoms with E-state index in [1.165, 1.54) is 0 Å². The zero-order chi connectivity index (χ0) is 8.55. The Kier molecular flexibility index (Phi) is 2.78. The van der Waals surface area contributed by atoms with Crippen LogP contribution in [0.2, 0.25) is 0 Å². The van der Waals surface area contributed by atoms with Crippen molar-refractivity contribution in [2.45, 2.75) is 0 Å². The molecule has 0 aromatic heterocycles. The van der Waals surface area contributed by atoms with Gasteiger partial charge in [-0.2, -0.15) is 0 Å². The molecule has 0 atom stereocenters. The summed E-state index contributed by atoms with van der Waals surface area (Å²) < 4.78 is 0. The van der Waals surface area contributed by atoms with Crippen molar-refractivity contribution in [2.75, 3.05) is 5.73 Å². The van der Waals surface area contributed by atoms with Gasteiger partial charge >= 0.3 is 0 Å². The fraction of sp³-hybridized carbons (Fsp3) is 0. The van der Waals surface area contributed by atoms with Gasteiger partial charge in [0, 0.05) is 0 Å². The molecule has 0 saturated carbocycles. The first kappa shape index (κ1) is 9.86. The monoisotopic (exact) mass is 239 g/mol. The molecule has 0 amide bonds. The number of phenols is 1. The molecule has 0 aliphatic heterocycles. The van der Waals surface area contributed by atoms with Crippen molar-refractivity contribution >= 4 is 33.4 Å². The van der Waals surface area contributed by atoms with Crippen molar-refractivity contribution in [2.24, 2.45) is 0 Å². The normalized spacial score (nSPS) is 9.54. The van der Waals surface area contributed by atoms with Gasteiger partial charge < -0.3 is 10.8 Å². The van der Waals surface area contributed by atoms with E-state index in [4.69, 9.17) is 5.73 Å². The Morgan fingerprint density at radius 3 is 2.15 bits per heavy atom. The Balaban J connectivity index is 0.000000845. The lowest BCUT2D eigenvalue weighted by Crippen LogP contribution is -1.84. The fourth-order valence-electron chi connectivity index (χ4n) is 1.25. The minimum Gasteiger partial charge on any atom is -0.506 e. The molecule has 0 radical (unpaired) electrons. The first-order valence-electron chi connectivity index (χ1n) is 3.74. The van der Waals surface area contributed by atoms with Gasteiger partial charge in [0.15, 0.2) is 0 Å².